The van der Waals surface area contributed by atoms with Crippen LogP contribution in [0.3, 0.4) is 0 Å². The molecule has 0 saturated heterocycles. The van der Waals surface area contributed by atoms with Crippen molar-refractivity contribution < 1.29 is 24.2 Å². The Morgan fingerprint density at radius 2 is 1.90 bits per heavy atom. The molecular formula is C30H34N6O5. The molecule has 4 aromatic rings. The van der Waals surface area contributed by atoms with Gasteiger partial charge in [0.05, 0.1) is 28.5 Å². The van der Waals surface area contributed by atoms with E-state index in [1.807, 2.05) is 38.1 Å². The van der Waals surface area contributed by atoms with Crippen molar-refractivity contribution in [2.45, 2.75) is 76.7 Å². The van der Waals surface area contributed by atoms with E-state index in [1.54, 1.807) is 27.5 Å². The van der Waals surface area contributed by atoms with Gasteiger partial charge in [0.15, 0.2) is 6.29 Å². The van der Waals surface area contributed by atoms with Crippen LogP contribution in [0.1, 0.15) is 84.7 Å². The summed E-state index contributed by atoms with van der Waals surface area (Å²) in [6.45, 7) is 3.80. The van der Waals surface area contributed by atoms with Crippen molar-refractivity contribution in [1.82, 2.24) is 24.5 Å². The van der Waals surface area contributed by atoms with Gasteiger partial charge in [-0.2, -0.15) is 5.10 Å². The van der Waals surface area contributed by atoms with Gasteiger partial charge in [0.25, 0.3) is 11.8 Å². The zero-order chi connectivity index (χ0) is 28.5. The quantitative estimate of drug-likeness (QED) is 0.267. The van der Waals surface area contributed by atoms with Gasteiger partial charge in [-0.05, 0) is 68.2 Å². The topological polar surface area (TPSA) is 145 Å². The van der Waals surface area contributed by atoms with Gasteiger partial charge in [-0.15, -0.1) is 5.10 Å². The monoisotopic (exact) mass is 558 g/mol. The highest BCUT2D eigenvalue weighted by atomic mass is 16.6. The Hall–Kier alpha value is -4.12. The molecule has 3 saturated carbocycles. The highest BCUT2D eigenvalue weighted by Crippen LogP contribution is 2.57. The summed E-state index contributed by atoms with van der Waals surface area (Å²) in [4.78, 5) is 25.3. The van der Waals surface area contributed by atoms with Gasteiger partial charge in [-0.1, -0.05) is 19.9 Å². The third-order valence-corrected chi connectivity index (χ3v) is 8.75. The Labute approximate surface area is 236 Å². The van der Waals surface area contributed by atoms with Gasteiger partial charge in [-0.3, -0.25) is 9.59 Å². The average Bonchev–Trinajstić information content (AvgIpc) is 3.52. The maximum Gasteiger partial charge on any atom is 0.256 e. The Morgan fingerprint density at radius 3 is 2.61 bits per heavy atom. The smallest absolute Gasteiger partial charge is 0.256 e. The van der Waals surface area contributed by atoms with Crippen LogP contribution in [-0.4, -0.2) is 54.6 Å². The minimum atomic E-state index is -0.907. The van der Waals surface area contributed by atoms with E-state index in [0.29, 0.717) is 28.3 Å². The predicted octanol–water partition coefficient (Wildman–Crippen LogP) is 3.43. The molecule has 11 nitrogen and oxygen atoms in total. The molecule has 4 aromatic heterocycles. The highest BCUT2D eigenvalue weighted by molar-refractivity contribution is 6.02. The third kappa shape index (κ3) is 4.48. The van der Waals surface area contributed by atoms with Crippen LogP contribution < -0.4 is 20.5 Å². The third-order valence-electron chi connectivity index (χ3n) is 8.75. The molecule has 41 heavy (non-hydrogen) atoms. The van der Waals surface area contributed by atoms with Crippen molar-refractivity contribution in [2.75, 3.05) is 0 Å². The van der Waals surface area contributed by atoms with Gasteiger partial charge in [0, 0.05) is 24.1 Å². The Balaban J connectivity index is 0.984. The fraction of sp³-hybridized carbons (Fsp3) is 0.467. The first-order valence-electron chi connectivity index (χ1n) is 14.3. The molecule has 1 atom stereocenters. The number of aromatic nitrogens is 4. The van der Waals surface area contributed by atoms with Gasteiger partial charge in [0.2, 0.25) is 5.88 Å². The highest BCUT2D eigenvalue weighted by Gasteiger charge is 2.54. The second kappa shape index (κ2) is 9.47. The van der Waals surface area contributed by atoms with Crippen LogP contribution in [0.5, 0.6) is 11.6 Å². The van der Waals surface area contributed by atoms with Crippen molar-refractivity contribution >= 4 is 22.8 Å². The predicted molar refractivity (Wildman–Crippen MR) is 149 cm³/mol. The molecule has 0 aliphatic heterocycles. The zero-order valence-electron chi connectivity index (χ0n) is 23.1. The van der Waals surface area contributed by atoms with Gasteiger partial charge in [-0.25, -0.2) is 9.03 Å². The first-order chi connectivity index (χ1) is 19.7. The lowest BCUT2D eigenvalue weighted by Gasteiger charge is -2.57. The van der Waals surface area contributed by atoms with Crippen LogP contribution in [0.4, 0.5) is 0 Å². The van der Waals surface area contributed by atoms with Gasteiger partial charge < -0.3 is 25.6 Å². The summed E-state index contributed by atoms with van der Waals surface area (Å²) in [5.74, 6) is 0.461. The van der Waals surface area contributed by atoms with Crippen LogP contribution in [0.15, 0.2) is 42.7 Å². The largest absolute Gasteiger partial charge is 0.473 e. The number of carbonyl (C=O) groups excluding carboxylic acids is 2. The molecule has 3 fully saturated rings. The molecule has 214 valence electrons. The summed E-state index contributed by atoms with van der Waals surface area (Å²) in [5, 5.41) is 22.4. The number of amides is 2. The molecule has 0 aromatic carbocycles. The number of hydrogen-bond acceptors (Lipinski definition) is 7. The number of hydrogen-bond donors (Lipinski definition) is 3. The summed E-state index contributed by atoms with van der Waals surface area (Å²) >= 11 is 0. The second-order valence-electron chi connectivity index (χ2n) is 12.3. The van der Waals surface area contributed by atoms with Crippen LogP contribution in [0, 0.1) is 11.3 Å². The van der Waals surface area contributed by atoms with E-state index in [0.717, 1.165) is 49.7 Å². The molecule has 3 aliphatic rings. The SMILES string of the molecule is CC(C)C(O)Oc1ccc2c(C(=O)NC3CC4(C3)CC(Oc3nn5ccccc5c3C(N)=O)C4)cnn2c1C1CC1. The molecule has 1 unspecified atom stereocenters. The van der Waals surface area contributed by atoms with Crippen molar-refractivity contribution in [1.29, 1.82) is 0 Å². The van der Waals surface area contributed by atoms with E-state index in [4.69, 9.17) is 15.2 Å². The number of nitrogens with one attached hydrogen (secondary N) is 1. The first-order valence-corrected chi connectivity index (χ1v) is 14.3. The van der Waals surface area contributed by atoms with Crippen LogP contribution in [0.25, 0.3) is 11.0 Å². The number of aliphatic hydroxyl groups excluding tert-OH is 1. The van der Waals surface area contributed by atoms with Crippen LogP contribution in [-0.2, 0) is 0 Å². The zero-order valence-corrected chi connectivity index (χ0v) is 23.1. The second-order valence-corrected chi connectivity index (χ2v) is 12.3. The summed E-state index contributed by atoms with van der Waals surface area (Å²) in [7, 11) is 0. The average molecular weight is 559 g/mol. The van der Waals surface area contributed by atoms with Crippen LogP contribution >= 0.6 is 0 Å². The molecular weight excluding hydrogens is 524 g/mol. The lowest BCUT2D eigenvalue weighted by molar-refractivity contribution is -0.0848. The van der Waals surface area contributed by atoms with E-state index >= 15 is 0 Å². The summed E-state index contributed by atoms with van der Waals surface area (Å²) < 4.78 is 15.4. The van der Waals surface area contributed by atoms with Crippen molar-refractivity contribution in [3.63, 3.8) is 0 Å². The number of ether oxygens (including phenoxy) is 2. The molecule has 0 radical (unpaired) electrons. The van der Waals surface area contributed by atoms with Crippen molar-refractivity contribution in [3.8, 4) is 11.6 Å². The lowest BCUT2D eigenvalue weighted by Crippen LogP contribution is -2.58. The van der Waals surface area contributed by atoms with Crippen molar-refractivity contribution in [3.05, 3.63) is 59.5 Å². The fourth-order valence-corrected chi connectivity index (χ4v) is 6.45. The van der Waals surface area contributed by atoms with E-state index in [9.17, 15) is 14.7 Å². The van der Waals surface area contributed by atoms with E-state index in [2.05, 4.69) is 15.5 Å². The molecule has 4 N–H and O–H groups in total. The number of fused-ring (bicyclic) bond motifs is 2. The number of aliphatic hydroxyl groups is 1. The Kier molecular flexibility index (Phi) is 5.97. The normalized spacial score (nSPS) is 24.3. The Bertz CT molecular complexity index is 1660. The molecule has 0 bridgehead atoms. The summed E-state index contributed by atoms with van der Waals surface area (Å²) in [5.41, 5.74) is 8.87. The van der Waals surface area contributed by atoms with Gasteiger partial charge >= 0.3 is 0 Å². The maximum absolute atomic E-state index is 13.3. The number of nitrogens with two attached hydrogens (primary N) is 1. The standard InChI is InChI=1S/C30H34N6O5/c1-16(2)29(39)41-23-9-8-21-20(15-32-36(21)25(23)17-6-7-17)27(38)33-18-11-30(12-18)13-19(14-30)40-28-24(26(31)37)22-5-3-4-10-35(22)34-28/h3-5,8-10,15-19,29,39H,6-7,11-14H2,1-2H3,(H2,31,37)(H,33,38). The minimum Gasteiger partial charge on any atom is -0.473 e. The van der Waals surface area contributed by atoms with Crippen molar-refractivity contribution in [2.24, 2.45) is 17.1 Å². The number of nitrogens with zero attached hydrogens (tertiary/aromatic N) is 4. The van der Waals surface area contributed by atoms with Gasteiger partial charge in [0.1, 0.15) is 17.4 Å². The molecule has 1 spiro atoms. The first kappa shape index (κ1) is 25.8. The van der Waals surface area contributed by atoms with E-state index < -0.39 is 12.2 Å². The van der Waals surface area contributed by atoms with E-state index in [1.165, 1.54) is 0 Å². The number of primary amides is 1. The number of pyridine rings is 2. The summed E-state index contributed by atoms with van der Waals surface area (Å²) in [6, 6.07) is 9.22. The molecule has 4 heterocycles. The lowest BCUT2D eigenvalue weighted by atomic mass is 9.53. The molecule has 2 amide bonds. The number of rotatable bonds is 9. The molecule has 3 aliphatic carbocycles. The minimum absolute atomic E-state index is 0.0410. The fourth-order valence-electron chi connectivity index (χ4n) is 6.45. The Morgan fingerprint density at radius 1 is 1.12 bits per heavy atom. The number of carbonyl (C=O) groups is 2. The molecule has 7 rings (SSSR count). The maximum atomic E-state index is 13.3. The molecule has 11 heteroatoms. The summed E-state index contributed by atoms with van der Waals surface area (Å²) in [6.07, 6.45) is 7.94. The van der Waals surface area contributed by atoms with E-state index in [-0.39, 0.29) is 35.3 Å². The van der Waals surface area contributed by atoms with Crippen LogP contribution in [0.2, 0.25) is 0 Å².